The third-order valence-electron chi connectivity index (χ3n) is 1.13. The molecule has 0 saturated heterocycles. The van der Waals surface area contributed by atoms with Crippen LogP contribution in [0.1, 0.15) is 10.4 Å². The van der Waals surface area contributed by atoms with Gasteiger partial charge in [-0.1, -0.05) is 12.1 Å². The first-order chi connectivity index (χ1) is 4.72. The van der Waals surface area contributed by atoms with Crippen molar-refractivity contribution in [3.8, 4) is 5.75 Å². The predicted molar refractivity (Wildman–Crippen MR) is 52.2 cm³/mol. The average Bonchev–Trinajstić information content (AvgIpc) is 1.88. The molecule has 0 spiro atoms. The number of aromatic carboxylic acids is 1. The van der Waals surface area contributed by atoms with Gasteiger partial charge in [-0.15, -0.1) is 0 Å². The van der Waals surface area contributed by atoms with Crippen LogP contribution in [0.2, 0.25) is 0 Å². The Labute approximate surface area is 130 Å². The van der Waals surface area contributed by atoms with Crippen LogP contribution < -0.4 is 0 Å². The first-order valence-corrected chi connectivity index (χ1v) is 2.73. The molecule has 1 rings (SSSR count). The molecule has 0 heterocycles. The van der Waals surface area contributed by atoms with Crippen LogP contribution in [0.4, 0.5) is 0 Å². The molecule has 60 valence electrons. The Balaban J connectivity index is 0. The third kappa shape index (κ3) is 4.30. The third-order valence-corrected chi connectivity index (χ3v) is 1.13. The second kappa shape index (κ2) is 7.42. The van der Waals surface area contributed by atoms with Gasteiger partial charge in [0.05, 0.1) is 0 Å². The van der Waals surface area contributed by atoms with Crippen LogP contribution >= 0.6 is 0 Å². The zero-order chi connectivity index (χ0) is 7.56. The van der Waals surface area contributed by atoms with Gasteiger partial charge in [-0.2, -0.15) is 0 Å². The molecule has 0 unspecified atom stereocenters. The Morgan fingerprint density at radius 3 is 2.00 bits per heavy atom. The number of hydrogen-bond donors (Lipinski definition) is 2. The summed E-state index contributed by atoms with van der Waals surface area (Å²) in [5.41, 5.74) is -0.0671. The van der Waals surface area contributed by atoms with Crippen LogP contribution in [0.3, 0.4) is 0 Å². The minimum atomic E-state index is -1.11. The summed E-state index contributed by atoms with van der Waals surface area (Å²) in [7, 11) is 0. The topological polar surface area (TPSA) is 57.5 Å². The standard InChI is InChI=1S/C7H6O3.2Ca.4H/c8-6-4-2-1-3-5(6)7(9)10;;;;;;/h1-4,8H,(H,9,10);;;;;;. The number of hydrogen-bond acceptors (Lipinski definition) is 2. The fourth-order valence-corrected chi connectivity index (χ4v) is 0.654. The summed E-state index contributed by atoms with van der Waals surface area (Å²) in [6.07, 6.45) is 0. The summed E-state index contributed by atoms with van der Waals surface area (Å²) in [6.45, 7) is 0. The summed E-state index contributed by atoms with van der Waals surface area (Å²) in [5, 5.41) is 17.3. The van der Waals surface area contributed by atoms with E-state index in [1.165, 1.54) is 12.1 Å². The van der Waals surface area contributed by atoms with Gasteiger partial charge < -0.3 is 10.2 Å². The Bertz CT molecular complexity index is 263. The van der Waals surface area contributed by atoms with Crippen molar-refractivity contribution in [2.75, 3.05) is 0 Å². The second-order valence-corrected chi connectivity index (χ2v) is 1.82. The number of carboxylic acids is 1. The maximum atomic E-state index is 10.3. The first kappa shape index (κ1) is 15.5. The fourth-order valence-electron chi connectivity index (χ4n) is 0.654. The number of phenols is 1. The van der Waals surface area contributed by atoms with E-state index < -0.39 is 5.97 Å². The van der Waals surface area contributed by atoms with Crippen molar-refractivity contribution in [1.29, 1.82) is 0 Å². The van der Waals surface area contributed by atoms with Crippen molar-refractivity contribution < 1.29 is 15.0 Å². The number of rotatable bonds is 1. The summed E-state index contributed by atoms with van der Waals surface area (Å²) >= 11 is 0. The monoisotopic (exact) mass is 222 g/mol. The second-order valence-electron chi connectivity index (χ2n) is 1.82. The summed E-state index contributed by atoms with van der Waals surface area (Å²) in [4.78, 5) is 10.3. The number of benzene rings is 1. The summed E-state index contributed by atoms with van der Waals surface area (Å²) in [6, 6.07) is 5.81. The van der Waals surface area contributed by atoms with Crippen LogP contribution in [-0.4, -0.2) is 91.7 Å². The molecule has 1 aromatic carbocycles. The van der Waals surface area contributed by atoms with Gasteiger partial charge in [0.25, 0.3) is 0 Å². The number of aromatic hydroxyl groups is 1. The van der Waals surface area contributed by atoms with Gasteiger partial charge in [0, 0.05) is 0 Å². The molecule has 0 radical (unpaired) electrons. The van der Waals surface area contributed by atoms with Crippen molar-refractivity contribution in [3.05, 3.63) is 29.8 Å². The van der Waals surface area contributed by atoms with Gasteiger partial charge in [0.1, 0.15) is 11.3 Å². The molecular weight excluding hydrogens is 212 g/mol. The molecule has 0 atom stereocenters. The van der Waals surface area contributed by atoms with Crippen LogP contribution in [0.5, 0.6) is 5.75 Å². The van der Waals surface area contributed by atoms with E-state index in [4.69, 9.17) is 10.2 Å². The molecule has 5 heteroatoms. The molecule has 0 aliphatic heterocycles. The van der Waals surface area contributed by atoms with Crippen molar-refractivity contribution in [1.82, 2.24) is 0 Å². The molecule has 3 nitrogen and oxygen atoms in total. The molecule has 0 aliphatic rings. The summed E-state index contributed by atoms with van der Waals surface area (Å²) < 4.78 is 0. The molecular formula is C7H10Ca2O3. The van der Waals surface area contributed by atoms with Gasteiger partial charge in [0.15, 0.2) is 0 Å². The van der Waals surface area contributed by atoms with E-state index in [2.05, 4.69) is 0 Å². The quantitative estimate of drug-likeness (QED) is 0.615. The average molecular weight is 222 g/mol. The van der Waals surface area contributed by atoms with Gasteiger partial charge in [-0.25, -0.2) is 4.79 Å². The van der Waals surface area contributed by atoms with Crippen molar-refractivity contribution in [3.63, 3.8) is 0 Å². The van der Waals surface area contributed by atoms with Gasteiger partial charge in [-0.3, -0.25) is 0 Å². The molecule has 0 bridgehead atoms. The Kier molecular flexibility index (Phi) is 9.57. The molecule has 0 fully saturated rings. The van der Waals surface area contributed by atoms with E-state index in [0.29, 0.717) is 0 Å². The van der Waals surface area contributed by atoms with Gasteiger partial charge >= 0.3 is 81.4 Å². The number of carbonyl (C=O) groups is 1. The van der Waals surface area contributed by atoms with E-state index >= 15 is 0 Å². The predicted octanol–water partition coefficient (Wildman–Crippen LogP) is -0.742. The normalized spacial score (nSPS) is 7.67. The Morgan fingerprint density at radius 2 is 1.67 bits per heavy atom. The van der Waals surface area contributed by atoms with Crippen LogP contribution in [0.25, 0.3) is 0 Å². The van der Waals surface area contributed by atoms with Crippen molar-refractivity contribution >= 4 is 81.4 Å². The molecule has 2 N–H and O–H groups in total. The van der Waals surface area contributed by atoms with E-state index in [1.807, 2.05) is 0 Å². The molecule has 0 aromatic heterocycles. The zero-order valence-electron chi connectivity index (χ0n) is 5.11. The molecule has 0 saturated carbocycles. The number of para-hydroxylation sites is 1. The fraction of sp³-hybridized carbons (Fsp3) is 0. The van der Waals surface area contributed by atoms with E-state index in [9.17, 15) is 4.79 Å². The summed E-state index contributed by atoms with van der Waals surface area (Å²) in [5.74, 6) is -1.31. The Morgan fingerprint density at radius 1 is 1.17 bits per heavy atom. The number of carboxylic acid groups (broad SMARTS) is 1. The van der Waals surface area contributed by atoms with E-state index in [-0.39, 0.29) is 86.8 Å². The zero-order valence-corrected chi connectivity index (χ0v) is 5.11. The molecule has 0 amide bonds. The van der Waals surface area contributed by atoms with Crippen molar-refractivity contribution in [2.45, 2.75) is 0 Å². The minimum absolute atomic E-state index is 0. The van der Waals surface area contributed by atoms with Crippen LogP contribution in [0.15, 0.2) is 24.3 Å². The van der Waals surface area contributed by atoms with Gasteiger partial charge in [0.2, 0.25) is 0 Å². The molecule has 0 aliphatic carbocycles. The maximum absolute atomic E-state index is 10.3. The van der Waals surface area contributed by atoms with E-state index in [0.717, 1.165) is 0 Å². The molecule has 12 heavy (non-hydrogen) atoms. The van der Waals surface area contributed by atoms with Crippen LogP contribution in [-0.2, 0) is 0 Å². The van der Waals surface area contributed by atoms with E-state index in [1.54, 1.807) is 12.1 Å². The SMILES string of the molecule is O=C(O)c1ccccc1O.[CaH2].[CaH2]. The van der Waals surface area contributed by atoms with Crippen LogP contribution in [0, 0.1) is 0 Å². The Hall–Kier alpha value is 1.01. The van der Waals surface area contributed by atoms with Gasteiger partial charge in [-0.05, 0) is 12.1 Å². The first-order valence-electron chi connectivity index (χ1n) is 2.73. The molecule has 1 aromatic rings. The van der Waals surface area contributed by atoms with Crippen molar-refractivity contribution in [2.24, 2.45) is 0 Å².